The van der Waals surface area contributed by atoms with Gasteiger partial charge in [-0.15, -0.1) is 0 Å². The van der Waals surface area contributed by atoms with Crippen molar-refractivity contribution >= 4 is 21.7 Å². The third-order valence-electron chi connectivity index (χ3n) is 2.53. The van der Waals surface area contributed by atoms with Gasteiger partial charge in [0.15, 0.2) is 0 Å². The number of rotatable bonds is 3. The summed E-state index contributed by atoms with van der Waals surface area (Å²) in [5.74, 6) is -1.08. The fourth-order valence-corrected chi connectivity index (χ4v) is 1.97. The molecule has 0 aliphatic rings. The summed E-state index contributed by atoms with van der Waals surface area (Å²) in [6.45, 7) is 6.37. The molecule has 0 aliphatic carbocycles. The number of benzene rings is 1. The van der Waals surface area contributed by atoms with Crippen LogP contribution in [0.15, 0.2) is 18.2 Å². The zero-order valence-corrected chi connectivity index (χ0v) is 11.6. The summed E-state index contributed by atoms with van der Waals surface area (Å²) in [6.07, 6.45) is 0. The summed E-state index contributed by atoms with van der Waals surface area (Å²) >= 11 is 0. The molecule has 0 unspecified atom stereocenters. The second-order valence-corrected chi connectivity index (χ2v) is 7.49. The Kier molecular flexibility index (Phi) is 3.71. The van der Waals surface area contributed by atoms with Crippen molar-refractivity contribution in [2.75, 3.05) is 4.72 Å². The molecule has 5 nitrogen and oxygen atoms in total. The molecule has 0 atom stereocenters. The predicted molar refractivity (Wildman–Crippen MR) is 70.4 cm³/mol. The Labute approximate surface area is 107 Å². The van der Waals surface area contributed by atoms with E-state index in [9.17, 15) is 13.2 Å². The molecule has 0 aliphatic heterocycles. The third kappa shape index (κ3) is 3.01. The minimum Gasteiger partial charge on any atom is -0.478 e. The first-order valence-electron chi connectivity index (χ1n) is 5.41. The lowest BCUT2D eigenvalue weighted by molar-refractivity contribution is 0.0696. The van der Waals surface area contributed by atoms with Crippen LogP contribution in [0, 0.1) is 6.92 Å². The first-order valence-corrected chi connectivity index (χ1v) is 6.89. The Hall–Kier alpha value is -1.56. The van der Waals surface area contributed by atoms with Crippen molar-refractivity contribution in [2.24, 2.45) is 0 Å². The van der Waals surface area contributed by atoms with E-state index in [4.69, 9.17) is 5.11 Å². The van der Waals surface area contributed by atoms with E-state index in [0.29, 0.717) is 5.56 Å². The van der Waals surface area contributed by atoms with E-state index >= 15 is 0 Å². The van der Waals surface area contributed by atoms with Crippen LogP contribution in [-0.2, 0) is 10.0 Å². The van der Waals surface area contributed by atoms with Crippen LogP contribution in [-0.4, -0.2) is 24.2 Å². The molecule has 0 saturated carbocycles. The zero-order valence-electron chi connectivity index (χ0n) is 10.8. The number of aryl methyl sites for hydroxylation is 1. The van der Waals surface area contributed by atoms with Gasteiger partial charge in [0.25, 0.3) is 0 Å². The maximum Gasteiger partial charge on any atom is 0.336 e. The summed E-state index contributed by atoms with van der Waals surface area (Å²) in [5, 5.41) is 8.97. The van der Waals surface area contributed by atoms with Crippen LogP contribution < -0.4 is 4.72 Å². The summed E-state index contributed by atoms with van der Waals surface area (Å²) in [7, 11) is -3.55. The fraction of sp³-hybridized carbons (Fsp3) is 0.417. The van der Waals surface area contributed by atoms with Gasteiger partial charge in [-0.2, -0.15) is 0 Å². The minimum atomic E-state index is -3.55. The third-order valence-corrected chi connectivity index (χ3v) is 4.64. The smallest absolute Gasteiger partial charge is 0.336 e. The van der Waals surface area contributed by atoms with Gasteiger partial charge < -0.3 is 5.11 Å². The monoisotopic (exact) mass is 271 g/mol. The van der Waals surface area contributed by atoms with E-state index in [1.807, 2.05) is 0 Å². The number of hydrogen-bond donors (Lipinski definition) is 2. The van der Waals surface area contributed by atoms with E-state index in [1.165, 1.54) is 6.07 Å². The second kappa shape index (κ2) is 4.61. The summed E-state index contributed by atoms with van der Waals surface area (Å²) in [5.41, 5.74) is 0.929. The van der Waals surface area contributed by atoms with Gasteiger partial charge in [-0.25, -0.2) is 13.2 Å². The molecule has 1 aromatic rings. The van der Waals surface area contributed by atoms with Gasteiger partial charge >= 0.3 is 5.97 Å². The zero-order chi connectivity index (χ0) is 14.1. The Bertz CT molecular complexity index is 570. The van der Waals surface area contributed by atoms with Crippen molar-refractivity contribution in [2.45, 2.75) is 32.4 Å². The molecule has 6 heteroatoms. The highest BCUT2D eigenvalue weighted by Gasteiger charge is 2.29. The second-order valence-electron chi connectivity index (χ2n) is 5.05. The van der Waals surface area contributed by atoms with Gasteiger partial charge in [0, 0.05) is 5.69 Å². The summed E-state index contributed by atoms with van der Waals surface area (Å²) in [4.78, 5) is 11.0. The average Bonchev–Trinajstić information content (AvgIpc) is 2.18. The van der Waals surface area contributed by atoms with Crippen molar-refractivity contribution in [3.8, 4) is 0 Å². The SMILES string of the molecule is Cc1ccc(NS(=O)(=O)C(C)(C)C)cc1C(=O)O. The lowest BCUT2D eigenvalue weighted by Crippen LogP contribution is -2.33. The van der Waals surface area contributed by atoms with Crippen LogP contribution >= 0.6 is 0 Å². The van der Waals surface area contributed by atoms with Crippen LogP contribution in [0.1, 0.15) is 36.7 Å². The van der Waals surface area contributed by atoms with E-state index in [0.717, 1.165) is 0 Å². The van der Waals surface area contributed by atoms with Crippen molar-refractivity contribution < 1.29 is 18.3 Å². The topological polar surface area (TPSA) is 83.5 Å². The number of carboxylic acid groups (broad SMARTS) is 1. The lowest BCUT2D eigenvalue weighted by Gasteiger charge is -2.20. The highest BCUT2D eigenvalue weighted by molar-refractivity contribution is 7.94. The maximum absolute atomic E-state index is 11.9. The number of sulfonamides is 1. The van der Waals surface area contributed by atoms with E-state index in [-0.39, 0.29) is 11.3 Å². The quantitative estimate of drug-likeness (QED) is 0.883. The summed E-state index contributed by atoms with van der Waals surface area (Å²) < 4.78 is 25.3. The molecule has 100 valence electrons. The fourth-order valence-electron chi connectivity index (χ4n) is 1.22. The molecule has 1 aromatic carbocycles. The predicted octanol–water partition coefficient (Wildman–Crippen LogP) is 2.23. The molecule has 0 heterocycles. The molecule has 0 bridgehead atoms. The number of aromatic carboxylic acids is 1. The number of nitrogens with one attached hydrogen (secondary N) is 1. The summed E-state index contributed by atoms with van der Waals surface area (Å²) in [6, 6.07) is 4.44. The van der Waals surface area contributed by atoms with Crippen molar-refractivity contribution in [3.05, 3.63) is 29.3 Å². The van der Waals surface area contributed by atoms with E-state index in [1.54, 1.807) is 39.8 Å². The Morgan fingerprint density at radius 1 is 1.28 bits per heavy atom. The van der Waals surface area contributed by atoms with Gasteiger partial charge in [0.05, 0.1) is 10.3 Å². The number of carbonyl (C=O) groups is 1. The molecule has 1 rings (SSSR count). The molecular formula is C12H17NO4S. The molecule has 0 radical (unpaired) electrons. The lowest BCUT2D eigenvalue weighted by atomic mass is 10.1. The highest BCUT2D eigenvalue weighted by Crippen LogP contribution is 2.21. The largest absolute Gasteiger partial charge is 0.478 e. The molecule has 0 aromatic heterocycles. The standard InChI is InChI=1S/C12H17NO4S/c1-8-5-6-9(7-10(8)11(14)15)13-18(16,17)12(2,3)4/h5-7,13H,1-4H3,(H,14,15). The molecule has 0 saturated heterocycles. The van der Waals surface area contributed by atoms with Gasteiger partial charge in [-0.1, -0.05) is 6.07 Å². The van der Waals surface area contributed by atoms with Crippen molar-refractivity contribution in [1.82, 2.24) is 0 Å². The maximum atomic E-state index is 11.9. The van der Waals surface area contributed by atoms with Crippen LogP contribution in [0.25, 0.3) is 0 Å². The number of hydrogen-bond acceptors (Lipinski definition) is 3. The Balaban J connectivity index is 3.15. The molecule has 0 spiro atoms. The first kappa shape index (κ1) is 14.5. The van der Waals surface area contributed by atoms with Crippen molar-refractivity contribution in [1.29, 1.82) is 0 Å². The van der Waals surface area contributed by atoms with Gasteiger partial charge in [-0.3, -0.25) is 4.72 Å². The Morgan fingerprint density at radius 3 is 2.28 bits per heavy atom. The van der Waals surface area contributed by atoms with Crippen LogP contribution in [0.2, 0.25) is 0 Å². The van der Waals surface area contributed by atoms with Crippen LogP contribution in [0.3, 0.4) is 0 Å². The van der Waals surface area contributed by atoms with Crippen LogP contribution in [0.4, 0.5) is 5.69 Å². The van der Waals surface area contributed by atoms with Gasteiger partial charge in [-0.05, 0) is 45.4 Å². The van der Waals surface area contributed by atoms with Gasteiger partial charge in [0.2, 0.25) is 10.0 Å². The normalized spacial score (nSPS) is 12.2. The van der Waals surface area contributed by atoms with E-state index < -0.39 is 20.7 Å². The Morgan fingerprint density at radius 2 is 1.83 bits per heavy atom. The first-order chi connectivity index (χ1) is 8.04. The molecule has 2 N–H and O–H groups in total. The van der Waals surface area contributed by atoms with Crippen molar-refractivity contribution in [3.63, 3.8) is 0 Å². The highest BCUT2D eigenvalue weighted by atomic mass is 32.2. The average molecular weight is 271 g/mol. The molecule has 18 heavy (non-hydrogen) atoms. The minimum absolute atomic E-state index is 0.0871. The molecule has 0 amide bonds. The number of anilines is 1. The van der Waals surface area contributed by atoms with Gasteiger partial charge in [0.1, 0.15) is 0 Å². The molecule has 0 fully saturated rings. The van der Waals surface area contributed by atoms with E-state index in [2.05, 4.69) is 4.72 Å². The molecular weight excluding hydrogens is 254 g/mol. The van der Waals surface area contributed by atoms with Crippen LogP contribution in [0.5, 0.6) is 0 Å². The number of carboxylic acids is 1.